The second kappa shape index (κ2) is 58.4. The van der Waals surface area contributed by atoms with Gasteiger partial charge in [0.05, 0.1) is 25.4 Å². The molecule has 0 bridgehead atoms. The van der Waals surface area contributed by atoms with Gasteiger partial charge >= 0.3 is 5.97 Å². The summed E-state index contributed by atoms with van der Waals surface area (Å²) in [5.74, 6) is -0.0621. The number of amides is 1. The fourth-order valence-corrected chi connectivity index (χ4v) is 9.19. The van der Waals surface area contributed by atoms with Crippen molar-refractivity contribution in [1.82, 2.24) is 5.32 Å². The first-order chi connectivity index (χ1) is 34.0. The van der Waals surface area contributed by atoms with Crippen LogP contribution in [0.4, 0.5) is 0 Å². The van der Waals surface area contributed by atoms with Crippen molar-refractivity contribution in [2.24, 2.45) is 0 Å². The van der Waals surface area contributed by atoms with Crippen LogP contribution in [0.1, 0.15) is 316 Å². The molecule has 404 valence electrons. The van der Waals surface area contributed by atoms with Crippen LogP contribution in [0.5, 0.6) is 0 Å². The number of aliphatic hydroxyl groups excluding tert-OH is 2. The molecule has 0 rings (SSSR count). The summed E-state index contributed by atoms with van der Waals surface area (Å²) in [5.41, 5.74) is 0. The van der Waals surface area contributed by atoms with E-state index in [1.54, 1.807) is 0 Å². The van der Waals surface area contributed by atoms with Gasteiger partial charge in [-0.15, -0.1) is 0 Å². The van der Waals surface area contributed by atoms with Gasteiger partial charge < -0.3 is 20.3 Å². The Kier molecular flexibility index (Phi) is 56.5. The third-order valence-electron chi connectivity index (χ3n) is 13.9. The Morgan fingerprint density at radius 3 is 1.22 bits per heavy atom. The van der Waals surface area contributed by atoms with Gasteiger partial charge in [0.25, 0.3) is 0 Å². The number of carbonyl (C=O) groups excluding carboxylic acids is 2. The number of allylic oxidation sites excluding steroid dienone is 8. The van der Waals surface area contributed by atoms with Crippen molar-refractivity contribution in [3.8, 4) is 0 Å². The largest absolute Gasteiger partial charge is 0.466 e. The third kappa shape index (κ3) is 55.0. The summed E-state index contributed by atoms with van der Waals surface area (Å²) in [6, 6.07) is -0.550. The van der Waals surface area contributed by atoms with Gasteiger partial charge in [0.15, 0.2) is 0 Å². The Bertz CT molecular complexity index is 1160. The predicted octanol–water partition coefficient (Wildman–Crippen LogP) is 19.0. The Labute approximate surface area is 429 Å². The molecule has 1 amide bonds. The summed E-state index contributed by atoms with van der Waals surface area (Å²) < 4.78 is 5.47. The van der Waals surface area contributed by atoms with E-state index in [-0.39, 0.29) is 18.5 Å². The summed E-state index contributed by atoms with van der Waals surface area (Å²) >= 11 is 0. The van der Waals surface area contributed by atoms with Crippen molar-refractivity contribution in [1.29, 1.82) is 0 Å². The topological polar surface area (TPSA) is 95.9 Å². The molecule has 0 aromatic rings. The highest BCUT2D eigenvalue weighted by atomic mass is 16.5. The predicted molar refractivity (Wildman–Crippen MR) is 301 cm³/mol. The van der Waals surface area contributed by atoms with Crippen molar-refractivity contribution < 1.29 is 24.5 Å². The smallest absolute Gasteiger partial charge is 0.305 e. The molecule has 69 heavy (non-hydrogen) atoms. The number of unbranched alkanes of at least 4 members (excludes halogenated alkanes) is 38. The molecule has 0 aliphatic rings. The Morgan fingerprint density at radius 2 is 0.768 bits per heavy atom. The zero-order valence-corrected chi connectivity index (χ0v) is 46.0. The van der Waals surface area contributed by atoms with E-state index >= 15 is 0 Å². The van der Waals surface area contributed by atoms with Crippen LogP contribution in [0.3, 0.4) is 0 Å². The van der Waals surface area contributed by atoms with Gasteiger partial charge in [-0.3, -0.25) is 9.59 Å². The van der Waals surface area contributed by atoms with Crippen molar-refractivity contribution in [3.05, 3.63) is 48.6 Å². The van der Waals surface area contributed by atoms with Gasteiger partial charge in [0.2, 0.25) is 5.91 Å². The monoisotopic (exact) mass is 968 g/mol. The standard InChI is InChI=1S/C63H117NO5/c1-3-5-7-9-11-13-15-17-19-20-22-26-29-33-37-41-45-49-53-57-63(68)69-58-54-50-46-42-38-34-30-27-24-21-23-25-28-32-36-40-44-48-52-56-62(67)64-60(59-65)61(66)55-51-47-43-39-35-31-18-16-14-12-10-8-6-4-2/h11,13,17,19,27,30,34,38,60-61,65-66H,3-10,12,14-16,18,20-26,28-29,31-33,35-37,39-59H2,1-2H3,(H,64,67)/b13-11-,19-17-,30-27-,38-34-. The highest BCUT2D eigenvalue weighted by Gasteiger charge is 2.20. The van der Waals surface area contributed by atoms with Crippen LogP contribution in [0.25, 0.3) is 0 Å². The minimum atomic E-state index is -0.672. The van der Waals surface area contributed by atoms with Crippen molar-refractivity contribution in [2.75, 3.05) is 13.2 Å². The van der Waals surface area contributed by atoms with E-state index in [4.69, 9.17) is 4.74 Å². The van der Waals surface area contributed by atoms with Crippen molar-refractivity contribution >= 4 is 11.9 Å². The molecular weight excluding hydrogens is 851 g/mol. The number of hydrogen-bond acceptors (Lipinski definition) is 5. The summed E-state index contributed by atoms with van der Waals surface area (Å²) in [6.45, 7) is 4.89. The Morgan fingerprint density at radius 1 is 0.420 bits per heavy atom. The van der Waals surface area contributed by atoms with Crippen LogP contribution < -0.4 is 5.32 Å². The highest BCUT2D eigenvalue weighted by molar-refractivity contribution is 5.76. The first-order valence-corrected chi connectivity index (χ1v) is 30.4. The molecule has 0 aromatic heterocycles. The van der Waals surface area contributed by atoms with Crippen LogP contribution in [0, 0.1) is 0 Å². The first-order valence-electron chi connectivity index (χ1n) is 30.4. The maximum atomic E-state index is 12.5. The number of esters is 1. The lowest BCUT2D eigenvalue weighted by Crippen LogP contribution is -2.45. The van der Waals surface area contributed by atoms with Gasteiger partial charge in [-0.1, -0.05) is 262 Å². The molecule has 0 heterocycles. The third-order valence-corrected chi connectivity index (χ3v) is 13.9. The van der Waals surface area contributed by atoms with Crippen LogP contribution in [-0.4, -0.2) is 47.4 Å². The zero-order chi connectivity index (χ0) is 50.0. The molecule has 0 radical (unpaired) electrons. The van der Waals surface area contributed by atoms with E-state index in [1.165, 1.54) is 205 Å². The molecule has 0 aromatic carbocycles. The van der Waals surface area contributed by atoms with Crippen molar-refractivity contribution in [2.45, 2.75) is 328 Å². The Hall–Kier alpha value is -2.18. The molecule has 3 N–H and O–H groups in total. The normalized spacial score (nSPS) is 12.9. The van der Waals surface area contributed by atoms with E-state index in [0.29, 0.717) is 25.9 Å². The summed E-state index contributed by atoms with van der Waals surface area (Å²) in [7, 11) is 0. The molecule has 0 spiro atoms. The van der Waals surface area contributed by atoms with E-state index in [2.05, 4.69) is 67.8 Å². The van der Waals surface area contributed by atoms with Gasteiger partial charge in [-0.25, -0.2) is 0 Å². The molecule has 0 saturated carbocycles. The summed E-state index contributed by atoms with van der Waals surface area (Å²) in [6.07, 6.45) is 73.9. The van der Waals surface area contributed by atoms with Crippen LogP contribution in [0.15, 0.2) is 48.6 Å². The number of carbonyl (C=O) groups is 2. The zero-order valence-electron chi connectivity index (χ0n) is 46.0. The molecule has 0 fully saturated rings. The second-order valence-corrected chi connectivity index (χ2v) is 20.7. The number of ether oxygens (including phenoxy) is 1. The van der Waals surface area contributed by atoms with E-state index in [9.17, 15) is 19.8 Å². The van der Waals surface area contributed by atoms with Gasteiger partial charge in [0.1, 0.15) is 0 Å². The minimum Gasteiger partial charge on any atom is -0.466 e. The van der Waals surface area contributed by atoms with Crippen LogP contribution >= 0.6 is 0 Å². The van der Waals surface area contributed by atoms with Crippen LogP contribution in [0.2, 0.25) is 0 Å². The van der Waals surface area contributed by atoms with E-state index < -0.39 is 12.1 Å². The second-order valence-electron chi connectivity index (χ2n) is 20.7. The summed E-state index contributed by atoms with van der Waals surface area (Å²) in [5, 5.41) is 23.3. The molecule has 0 saturated heterocycles. The van der Waals surface area contributed by atoms with E-state index in [0.717, 1.165) is 77.0 Å². The lowest BCUT2D eigenvalue weighted by atomic mass is 10.0. The number of rotatable bonds is 56. The lowest BCUT2D eigenvalue weighted by Gasteiger charge is -2.22. The van der Waals surface area contributed by atoms with Crippen molar-refractivity contribution in [3.63, 3.8) is 0 Å². The average molecular weight is 969 g/mol. The highest BCUT2D eigenvalue weighted by Crippen LogP contribution is 2.17. The number of aliphatic hydroxyl groups is 2. The van der Waals surface area contributed by atoms with Gasteiger partial charge in [-0.2, -0.15) is 0 Å². The maximum absolute atomic E-state index is 12.5. The molecule has 2 unspecified atom stereocenters. The molecule has 6 heteroatoms. The molecule has 2 atom stereocenters. The number of nitrogens with one attached hydrogen (secondary N) is 1. The first kappa shape index (κ1) is 66.8. The Balaban J connectivity index is 3.47. The molecule has 6 nitrogen and oxygen atoms in total. The molecule has 0 aliphatic carbocycles. The fraction of sp³-hybridized carbons (Fsp3) is 0.841. The minimum absolute atomic E-state index is 0.0173. The quantitative estimate of drug-likeness (QED) is 0.0244. The fourth-order valence-electron chi connectivity index (χ4n) is 9.19. The molecule has 0 aliphatic heterocycles. The van der Waals surface area contributed by atoms with E-state index in [1.807, 2.05) is 0 Å². The lowest BCUT2D eigenvalue weighted by molar-refractivity contribution is -0.143. The molecular formula is C63H117NO5. The number of hydrogen-bond donors (Lipinski definition) is 3. The SMILES string of the molecule is CCCCC/C=C\C/C=C\CCCCCCCCCCCC(=O)OCCCCC/C=C\C=C/CCCCCCCCCCCCC(=O)NC(CO)C(O)CCCCCCCCCCCCCCCC. The van der Waals surface area contributed by atoms with Gasteiger partial charge in [0, 0.05) is 12.8 Å². The average Bonchev–Trinajstić information content (AvgIpc) is 3.35. The summed E-state index contributed by atoms with van der Waals surface area (Å²) in [4.78, 5) is 24.5. The van der Waals surface area contributed by atoms with Crippen LogP contribution in [-0.2, 0) is 14.3 Å². The maximum Gasteiger partial charge on any atom is 0.305 e. The van der Waals surface area contributed by atoms with Gasteiger partial charge in [-0.05, 0) is 89.9 Å².